The molecule has 1 rings (SSSR count). The minimum absolute atomic E-state index is 0.525. The predicted octanol–water partition coefficient (Wildman–Crippen LogP) is 2.75. The molecule has 12 heavy (non-hydrogen) atoms. The summed E-state index contributed by atoms with van der Waals surface area (Å²) < 4.78 is 1.15. The lowest BCUT2D eigenvalue weighted by molar-refractivity contribution is 0.774. The van der Waals surface area contributed by atoms with Gasteiger partial charge in [-0.1, -0.05) is 13.8 Å². The Balaban J connectivity index is 2.85. The highest BCUT2D eigenvalue weighted by Gasteiger charge is 2.09. The molecule has 0 aliphatic heterocycles. The molecule has 0 unspecified atom stereocenters. The molecule has 1 aromatic rings. The highest BCUT2D eigenvalue weighted by molar-refractivity contribution is 9.11. The quantitative estimate of drug-likeness (QED) is 0.890. The zero-order valence-corrected chi connectivity index (χ0v) is 9.92. The molecule has 0 atom stereocenters. The van der Waals surface area contributed by atoms with E-state index < -0.39 is 0 Å². The Bertz CT molecular complexity index is 258. The SMILES string of the molecule is CNCc1nc(C(C)C)sc1Br. The van der Waals surface area contributed by atoms with Crippen molar-refractivity contribution in [2.45, 2.75) is 26.3 Å². The second kappa shape index (κ2) is 4.35. The average Bonchev–Trinajstić information content (AvgIpc) is 2.34. The molecule has 0 spiro atoms. The van der Waals surface area contributed by atoms with Gasteiger partial charge in [-0.3, -0.25) is 0 Å². The van der Waals surface area contributed by atoms with E-state index in [1.807, 2.05) is 7.05 Å². The molecule has 1 heterocycles. The van der Waals surface area contributed by atoms with E-state index in [4.69, 9.17) is 0 Å². The summed E-state index contributed by atoms with van der Waals surface area (Å²) in [5, 5.41) is 4.29. The monoisotopic (exact) mass is 248 g/mol. The first kappa shape index (κ1) is 10.2. The molecule has 0 amide bonds. The minimum Gasteiger partial charge on any atom is -0.314 e. The molecule has 4 heteroatoms. The molecule has 0 radical (unpaired) electrons. The van der Waals surface area contributed by atoms with Crippen LogP contribution in [-0.4, -0.2) is 12.0 Å². The van der Waals surface area contributed by atoms with E-state index in [0.29, 0.717) is 5.92 Å². The van der Waals surface area contributed by atoms with E-state index in [2.05, 4.69) is 40.1 Å². The Morgan fingerprint density at radius 1 is 1.58 bits per heavy atom. The molecule has 0 aliphatic rings. The third-order valence-electron chi connectivity index (χ3n) is 1.50. The molecule has 0 saturated heterocycles. The first-order valence-electron chi connectivity index (χ1n) is 3.94. The molecule has 0 aromatic carbocycles. The summed E-state index contributed by atoms with van der Waals surface area (Å²) in [6, 6.07) is 0. The number of nitrogens with one attached hydrogen (secondary N) is 1. The topological polar surface area (TPSA) is 24.9 Å². The van der Waals surface area contributed by atoms with E-state index in [0.717, 1.165) is 16.0 Å². The summed E-state index contributed by atoms with van der Waals surface area (Å²) >= 11 is 5.23. The summed E-state index contributed by atoms with van der Waals surface area (Å²) in [4.78, 5) is 4.51. The molecular weight excluding hydrogens is 236 g/mol. The molecule has 2 nitrogen and oxygen atoms in total. The summed E-state index contributed by atoms with van der Waals surface area (Å²) in [6.07, 6.45) is 0. The van der Waals surface area contributed by atoms with Gasteiger partial charge in [-0.15, -0.1) is 11.3 Å². The predicted molar refractivity (Wildman–Crippen MR) is 56.7 cm³/mol. The second-order valence-electron chi connectivity index (χ2n) is 2.96. The van der Waals surface area contributed by atoms with Gasteiger partial charge in [0.25, 0.3) is 0 Å². The normalized spacial score (nSPS) is 11.1. The highest BCUT2D eigenvalue weighted by Crippen LogP contribution is 2.29. The fourth-order valence-electron chi connectivity index (χ4n) is 0.874. The maximum absolute atomic E-state index is 4.51. The summed E-state index contributed by atoms with van der Waals surface area (Å²) in [5.74, 6) is 0.525. The Labute approximate surface area is 85.5 Å². The van der Waals surface area contributed by atoms with Gasteiger partial charge in [0.2, 0.25) is 0 Å². The number of hydrogen-bond acceptors (Lipinski definition) is 3. The van der Waals surface area contributed by atoms with Crippen molar-refractivity contribution in [3.8, 4) is 0 Å². The van der Waals surface area contributed by atoms with E-state index in [1.54, 1.807) is 11.3 Å². The number of rotatable bonds is 3. The lowest BCUT2D eigenvalue weighted by Crippen LogP contribution is -2.05. The van der Waals surface area contributed by atoms with Crippen molar-refractivity contribution in [2.24, 2.45) is 0 Å². The van der Waals surface area contributed by atoms with Crippen LogP contribution in [-0.2, 0) is 6.54 Å². The zero-order valence-electron chi connectivity index (χ0n) is 7.52. The van der Waals surface area contributed by atoms with Crippen LogP contribution < -0.4 is 5.32 Å². The van der Waals surface area contributed by atoms with Gasteiger partial charge in [0.15, 0.2) is 0 Å². The third-order valence-corrected chi connectivity index (χ3v) is 3.63. The summed E-state index contributed by atoms with van der Waals surface area (Å²) in [5.41, 5.74) is 1.12. The highest BCUT2D eigenvalue weighted by atomic mass is 79.9. The van der Waals surface area contributed by atoms with E-state index in [-0.39, 0.29) is 0 Å². The molecular formula is C8H13BrN2S. The van der Waals surface area contributed by atoms with Crippen LogP contribution in [0.5, 0.6) is 0 Å². The van der Waals surface area contributed by atoms with E-state index in [1.165, 1.54) is 5.01 Å². The smallest absolute Gasteiger partial charge is 0.0966 e. The van der Waals surface area contributed by atoms with Crippen molar-refractivity contribution in [3.05, 3.63) is 14.5 Å². The fourth-order valence-corrected chi connectivity index (χ4v) is 2.41. The third kappa shape index (κ3) is 2.28. The van der Waals surface area contributed by atoms with Gasteiger partial charge in [-0.2, -0.15) is 0 Å². The lowest BCUT2D eigenvalue weighted by atomic mass is 10.2. The standard InChI is InChI=1S/C8H13BrN2S/c1-5(2)8-11-6(4-10-3)7(9)12-8/h5,10H,4H2,1-3H3. The van der Waals surface area contributed by atoms with E-state index >= 15 is 0 Å². The molecule has 1 aromatic heterocycles. The van der Waals surface area contributed by atoms with Crippen LogP contribution in [0.15, 0.2) is 3.79 Å². The van der Waals surface area contributed by atoms with Crippen molar-refractivity contribution in [1.29, 1.82) is 0 Å². The van der Waals surface area contributed by atoms with Crippen LogP contribution in [0, 0.1) is 0 Å². The van der Waals surface area contributed by atoms with Crippen LogP contribution >= 0.6 is 27.3 Å². The largest absolute Gasteiger partial charge is 0.314 e. The maximum atomic E-state index is 4.51. The average molecular weight is 249 g/mol. The van der Waals surface area contributed by atoms with Crippen molar-refractivity contribution in [3.63, 3.8) is 0 Å². The molecule has 0 bridgehead atoms. The van der Waals surface area contributed by atoms with Gasteiger partial charge < -0.3 is 5.32 Å². The van der Waals surface area contributed by atoms with Crippen molar-refractivity contribution >= 4 is 27.3 Å². The Hall–Kier alpha value is 0.0700. The minimum atomic E-state index is 0.525. The summed E-state index contributed by atoms with van der Waals surface area (Å²) in [7, 11) is 1.93. The van der Waals surface area contributed by atoms with Gasteiger partial charge in [0.05, 0.1) is 14.5 Å². The van der Waals surface area contributed by atoms with Crippen LogP contribution in [0.4, 0.5) is 0 Å². The lowest BCUT2D eigenvalue weighted by Gasteiger charge is -1.96. The number of nitrogens with zero attached hydrogens (tertiary/aromatic N) is 1. The van der Waals surface area contributed by atoms with Crippen LogP contribution in [0.3, 0.4) is 0 Å². The molecule has 0 saturated carbocycles. The van der Waals surface area contributed by atoms with Crippen LogP contribution in [0.25, 0.3) is 0 Å². The molecule has 0 fully saturated rings. The van der Waals surface area contributed by atoms with Crippen LogP contribution in [0.1, 0.15) is 30.5 Å². The fraction of sp³-hybridized carbons (Fsp3) is 0.625. The zero-order chi connectivity index (χ0) is 9.14. The summed E-state index contributed by atoms with van der Waals surface area (Å²) in [6.45, 7) is 5.16. The Morgan fingerprint density at radius 2 is 2.25 bits per heavy atom. The second-order valence-corrected chi connectivity index (χ2v) is 5.31. The van der Waals surface area contributed by atoms with Gasteiger partial charge in [0, 0.05) is 12.5 Å². The maximum Gasteiger partial charge on any atom is 0.0966 e. The first-order valence-corrected chi connectivity index (χ1v) is 5.55. The van der Waals surface area contributed by atoms with Gasteiger partial charge >= 0.3 is 0 Å². The van der Waals surface area contributed by atoms with Crippen molar-refractivity contribution in [1.82, 2.24) is 10.3 Å². The van der Waals surface area contributed by atoms with Gasteiger partial charge in [0.1, 0.15) is 0 Å². The molecule has 0 aliphatic carbocycles. The molecule has 68 valence electrons. The number of halogens is 1. The van der Waals surface area contributed by atoms with Crippen molar-refractivity contribution in [2.75, 3.05) is 7.05 Å². The number of aromatic nitrogens is 1. The number of thiazole rings is 1. The molecule has 1 N–H and O–H groups in total. The Kier molecular flexibility index (Phi) is 3.68. The Morgan fingerprint density at radius 3 is 2.67 bits per heavy atom. The first-order chi connectivity index (χ1) is 5.65. The van der Waals surface area contributed by atoms with Crippen LogP contribution in [0.2, 0.25) is 0 Å². The number of hydrogen-bond donors (Lipinski definition) is 1. The van der Waals surface area contributed by atoms with E-state index in [9.17, 15) is 0 Å². The van der Waals surface area contributed by atoms with Gasteiger partial charge in [-0.05, 0) is 23.0 Å². The van der Waals surface area contributed by atoms with Crippen molar-refractivity contribution < 1.29 is 0 Å². The van der Waals surface area contributed by atoms with Gasteiger partial charge in [-0.25, -0.2) is 4.98 Å².